The molecule has 1 aromatic rings. The molecule has 2 atom stereocenters. The van der Waals surface area contributed by atoms with Crippen molar-refractivity contribution in [2.24, 2.45) is 0 Å². The van der Waals surface area contributed by atoms with Crippen molar-refractivity contribution >= 4 is 24.4 Å². The van der Waals surface area contributed by atoms with E-state index in [-0.39, 0.29) is 6.04 Å². The second kappa shape index (κ2) is 7.94. The van der Waals surface area contributed by atoms with E-state index in [0.29, 0.717) is 12.5 Å². The molecule has 0 saturated carbocycles. The molecular formula is C18H29BN4O5. The minimum Gasteiger partial charge on any atom is -0.399 e. The van der Waals surface area contributed by atoms with Crippen LogP contribution in [0.5, 0.6) is 0 Å². The molecule has 9 nitrogen and oxygen atoms in total. The van der Waals surface area contributed by atoms with Gasteiger partial charge in [0.1, 0.15) is 0 Å². The summed E-state index contributed by atoms with van der Waals surface area (Å²) in [6.07, 6.45) is 3.89. The maximum Gasteiger partial charge on any atom is 0.498 e. The number of hydrogen-bond donors (Lipinski definition) is 3. The Labute approximate surface area is 165 Å². The maximum atomic E-state index is 11.7. The second-order valence-corrected chi connectivity index (χ2v) is 8.34. The molecule has 0 bridgehead atoms. The Hall–Kier alpha value is -1.75. The molecule has 0 aliphatic carbocycles. The van der Waals surface area contributed by atoms with E-state index in [1.54, 1.807) is 12.4 Å². The van der Waals surface area contributed by atoms with Gasteiger partial charge in [-0.3, -0.25) is 4.79 Å². The zero-order chi connectivity index (χ0) is 20.5. The van der Waals surface area contributed by atoms with Gasteiger partial charge in [-0.1, -0.05) is 0 Å². The molecule has 2 aliphatic rings. The number of rotatable bonds is 6. The lowest BCUT2D eigenvalue weighted by molar-refractivity contribution is -0.131. The number of aromatic nitrogens is 2. The van der Waals surface area contributed by atoms with Gasteiger partial charge in [0, 0.05) is 37.0 Å². The topological polar surface area (TPSA) is 117 Å². The van der Waals surface area contributed by atoms with Gasteiger partial charge in [-0.05, 0) is 40.5 Å². The molecule has 154 valence electrons. The van der Waals surface area contributed by atoms with Crippen LogP contribution in [-0.4, -0.2) is 76.3 Å². The van der Waals surface area contributed by atoms with Gasteiger partial charge < -0.3 is 29.7 Å². The molecule has 10 heteroatoms. The standard InChI is InChI=1S/C18H29BN4O5/c1-17(2)18(3,4)28-19(27-17)12-8-21-16(22-9-12)23-7-5-6-13(23)10-20-15(26)14(25)11-24/h8-9,13-14,24-25H,5-7,10-11H2,1-4H3,(H,20,26)/t13-,14-/m0/s1. The first kappa shape index (κ1) is 21.0. The SMILES string of the molecule is CC1(C)OB(c2cnc(N3CCC[C@H]3CNC(=O)[C@@H](O)CO)nc2)OC1(C)C. The van der Waals surface area contributed by atoms with Crippen LogP contribution in [0.15, 0.2) is 12.4 Å². The van der Waals surface area contributed by atoms with E-state index < -0.39 is 36.9 Å². The first-order chi connectivity index (χ1) is 13.1. The number of anilines is 1. The molecule has 28 heavy (non-hydrogen) atoms. The maximum absolute atomic E-state index is 11.7. The number of nitrogens with zero attached hydrogens (tertiary/aromatic N) is 3. The van der Waals surface area contributed by atoms with Crippen LogP contribution < -0.4 is 15.7 Å². The number of aliphatic hydroxyl groups is 2. The van der Waals surface area contributed by atoms with Crippen LogP contribution in [-0.2, 0) is 14.1 Å². The highest BCUT2D eigenvalue weighted by molar-refractivity contribution is 6.61. The van der Waals surface area contributed by atoms with Crippen LogP contribution in [0, 0.1) is 0 Å². The van der Waals surface area contributed by atoms with Gasteiger partial charge in [-0.2, -0.15) is 0 Å². The van der Waals surface area contributed by atoms with E-state index in [1.807, 2.05) is 32.6 Å². The van der Waals surface area contributed by atoms with E-state index in [0.717, 1.165) is 24.8 Å². The van der Waals surface area contributed by atoms with Crippen molar-refractivity contribution in [3.63, 3.8) is 0 Å². The zero-order valence-corrected chi connectivity index (χ0v) is 16.9. The fourth-order valence-electron chi connectivity index (χ4n) is 3.31. The van der Waals surface area contributed by atoms with Crippen molar-refractivity contribution in [2.75, 3.05) is 24.6 Å². The summed E-state index contributed by atoms with van der Waals surface area (Å²) in [5, 5.41) is 20.9. The molecular weight excluding hydrogens is 363 g/mol. The Balaban J connectivity index is 1.64. The summed E-state index contributed by atoms with van der Waals surface area (Å²) in [7, 11) is -0.507. The lowest BCUT2D eigenvalue weighted by Gasteiger charge is -2.32. The van der Waals surface area contributed by atoms with Crippen molar-refractivity contribution < 1.29 is 24.3 Å². The molecule has 0 unspecified atom stereocenters. The summed E-state index contributed by atoms with van der Waals surface area (Å²) >= 11 is 0. The fraction of sp³-hybridized carbons (Fsp3) is 0.722. The Morgan fingerprint density at radius 2 is 1.93 bits per heavy atom. The Morgan fingerprint density at radius 3 is 2.50 bits per heavy atom. The van der Waals surface area contributed by atoms with Crippen molar-refractivity contribution in [1.29, 1.82) is 0 Å². The second-order valence-electron chi connectivity index (χ2n) is 8.34. The predicted octanol–water partition coefficient (Wildman–Crippen LogP) is -0.786. The molecule has 3 N–H and O–H groups in total. The number of aliphatic hydroxyl groups excluding tert-OH is 2. The van der Waals surface area contributed by atoms with Gasteiger partial charge in [0.15, 0.2) is 6.10 Å². The lowest BCUT2D eigenvalue weighted by Crippen LogP contribution is -2.45. The summed E-state index contributed by atoms with van der Waals surface area (Å²) in [5.74, 6) is 0.00565. The van der Waals surface area contributed by atoms with Crippen molar-refractivity contribution in [2.45, 2.75) is 63.9 Å². The molecule has 0 radical (unpaired) electrons. The van der Waals surface area contributed by atoms with Gasteiger partial charge in [-0.15, -0.1) is 0 Å². The first-order valence-electron chi connectivity index (χ1n) is 9.65. The first-order valence-corrected chi connectivity index (χ1v) is 9.65. The van der Waals surface area contributed by atoms with Crippen LogP contribution in [0.3, 0.4) is 0 Å². The molecule has 1 amide bonds. The number of carbonyl (C=O) groups excluding carboxylic acids is 1. The summed E-state index contributed by atoms with van der Waals surface area (Å²) in [5.41, 5.74) is -0.0842. The number of nitrogens with one attached hydrogen (secondary N) is 1. The Bertz CT molecular complexity index is 684. The highest BCUT2D eigenvalue weighted by Gasteiger charge is 2.52. The molecule has 0 spiro atoms. The van der Waals surface area contributed by atoms with Crippen LogP contribution in [0.25, 0.3) is 0 Å². The van der Waals surface area contributed by atoms with E-state index in [9.17, 15) is 9.90 Å². The third-order valence-corrected chi connectivity index (χ3v) is 5.81. The van der Waals surface area contributed by atoms with E-state index >= 15 is 0 Å². The number of carbonyl (C=O) groups is 1. The molecule has 0 aromatic carbocycles. The van der Waals surface area contributed by atoms with Crippen molar-refractivity contribution in [1.82, 2.24) is 15.3 Å². The molecule has 1 aromatic heterocycles. The highest BCUT2D eigenvalue weighted by Crippen LogP contribution is 2.36. The fourth-order valence-corrected chi connectivity index (χ4v) is 3.31. The largest absolute Gasteiger partial charge is 0.498 e. The minimum atomic E-state index is -1.40. The van der Waals surface area contributed by atoms with Gasteiger partial charge >= 0.3 is 7.12 Å². The van der Waals surface area contributed by atoms with E-state index in [4.69, 9.17) is 14.4 Å². The molecule has 2 aliphatic heterocycles. The monoisotopic (exact) mass is 392 g/mol. The van der Waals surface area contributed by atoms with Crippen LogP contribution in [0.2, 0.25) is 0 Å². The van der Waals surface area contributed by atoms with E-state index in [1.165, 1.54) is 0 Å². The molecule has 2 saturated heterocycles. The predicted molar refractivity (Wildman–Crippen MR) is 104 cm³/mol. The molecule has 2 fully saturated rings. The Morgan fingerprint density at radius 1 is 1.32 bits per heavy atom. The van der Waals surface area contributed by atoms with Gasteiger partial charge in [0.2, 0.25) is 5.95 Å². The van der Waals surface area contributed by atoms with Crippen molar-refractivity contribution in [3.8, 4) is 0 Å². The smallest absolute Gasteiger partial charge is 0.399 e. The van der Waals surface area contributed by atoms with Crippen molar-refractivity contribution in [3.05, 3.63) is 12.4 Å². The number of hydrogen-bond acceptors (Lipinski definition) is 8. The molecule has 3 rings (SSSR count). The summed E-state index contributed by atoms with van der Waals surface area (Å²) in [6, 6.07) is 0.0394. The summed E-state index contributed by atoms with van der Waals surface area (Å²) in [4.78, 5) is 22.7. The average Bonchev–Trinajstić information content (AvgIpc) is 3.20. The average molecular weight is 392 g/mol. The van der Waals surface area contributed by atoms with Crippen LogP contribution in [0.4, 0.5) is 5.95 Å². The minimum absolute atomic E-state index is 0.0394. The lowest BCUT2D eigenvalue weighted by atomic mass is 9.81. The van der Waals surface area contributed by atoms with Crippen LogP contribution >= 0.6 is 0 Å². The normalized spacial score (nSPS) is 24.4. The summed E-state index contributed by atoms with van der Waals surface area (Å²) < 4.78 is 12.1. The van der Waals surface area contributed by atoms with Gasteiger partial charge in [0.05, 0.1) is 17.8 Å². The third-order valence-electron chi connectivity index (χ3n) is 5.81. The Kier molecular flexibility index (Phi) is 5.95. The van der Waals surface area contributed by atoms with E-state index in [2.05, 4.69) is 15.3 Å². The van der Waals surface area contributed by atoms with Gasteiger partial charge in [0.25, 0.3) is 5.91 Å². The van der Waals surface area contributed by atoms with Gasteiger partial charge in [-0.25, -0.2) is 9.97 Å². The quantitative estimate of drug-likeness (QED) is 0.540. The highest BCUT2D eigenvalue weighted by atomic mass is 16.7. The third kappa shape index (κ3) is 4.14. The summed E-state index contributed by atoms with van der Waals surface area (Å²) in [6.45, 7) is 8.55. The zero-order valence-electron chi connectivity index (χ0n) is 16.9. The number of amides is 1. The van der Waals surface area contributed by atoms with Crippen LogP contribution in [0.1, 0.15) is 40.5 Å². The molecule has 3 heterocycles.